The molecular weight excluding hydrogens is 378 g/mol. The Morgan fingerprint density at radius 1 is 0.933 bits per heavy atom. The number of hydrogen-bond donors (Lipinski definition) is 0. The van der Waals surface area contributed by atoms with E-state index in [1.807, 2.05) is 48.2 Å². The third-order valence-corrected chi connectivity index (χ3v) is 5.67. The molecule has 1 aliphatic rings. The van der Waals surface area contributed by atoms with E-state index in [-0.39, 0.29) is 5.91 Å². The number of piperazine rings is 1. The maximum atomic E-state index is 13.2. The number of aryl methyl sites for hydroxylation is 1. The summed E-state index contributed by atoms with van der Waals surface area (Å²) in [4.78, 5) is 22.1. The van der Waals surface area contributed by atoms with E-state index in [1.54, 1.807) is 14.2 Å². The van der Waals surface area contributed by atoms with Crippen LogP contribution in [-0.2, 0) is 6.54 Å². The number of benzene rings is 2. The van der Waals surface area contributed by atoms with Crippen molar-refractivity contribution < 1.29 is 14.3 Å². The molecule has 1 aromatic heterocycles. The van der Waals surface area contributed by atoms with E-state index in [0.717, 1.165) is 60.8 Å². The van der Waals surface area contributed by atoms with Gasteiger partial charge in [-0.05, 0) is 42.8 Å². The molecule has 2 aromatic carbocycles. The van der Waals surface area contributed by atoms with Crippen LogP contribution in [0.15, 0.2) is 48.5 Å². The summed E-state index contributed by atoms with van der Waals surface area (Å²) >= 11 is 0. The minimum Gasteiger partial charge on any atom is -0.497 e. The number of aromatic nitrogens is 1. The zero-order valence-corrected chi connectivity index (χ0v) is 17.7. The molecule has 0 aliphatic carbocycles. The van der Waals surface area contributed by atoms with Crippen LogP contribution in [0.2, 0.25) is 0 Å². The fourth-order valence-corrected chi connectivity index (χ4v) is 3.86. The molecule has 0 saturated carbocycles. The summed E-state index contributed by atoms with van der Waals surface area (Å²) < 4.78 is 10.5. The molecule has 156 valence electrons. The Balaban J connectivity index is 1.41. The minimum atomic E-state index is 0.0572. The zero-order chi connectivity index (χ0) is 21.1. The maximum Gasteiger partial charge on any atom is 0.255 e. The van der Waals surface area contributed by atoms with Crippen LogP contribution < -0.4 is 9.47 Å². The van der Waals surface area contributed by atoms with Gasteiger partial charge in [-0.2, -0.15) is 0 Å². The van der Waals surface area contributed by atoms with Crippen LogP contribution in [0.4, 0.5) is 0 Å². The predicted molar refractivity (Wildman–Crippen MR) is 117 cm³/mol. The monoisotopic (exact) mass is 405 g/mol. The molecule has 3 aromatic rings. The highest BCUT2D eigenvalue weighted by atomic mass is 16.5. The highest BCUT2D eigenvalue weighted by Crippen LogP contribution is 2.23. The van der Waals surface area contributed by atoms with E-state index in [0.29, 0.717) is 5.56 Å². The van der Waals surface area contributed by atoms with Crippen molar-refractivity contribution in [3.05, 3.63) is 65.4 Å². The number of methoxy groups -OCH3 is 2. The lowest BCUT2D eigenvalue weighted by molar-refractivity contribution is 0.0627. The average molecular weight is 405 g/mol. The van der Waals surface area contributed by atoms with Crippen molar-refractivity contribution in [2.45, 2.75) is 13.5 Å². The zero-order valence-electron chi connectivity index (χ0n) is 17.7. The van der Waals surface area contributed by atoms with Gasteiger partial charge in [0.1, 0.15) is 11.5 Å². The summed E-state index contributed by atoms with van der Waals surface area (Å²) in [5, 5.41) is 0.947. The first-order chi connectivity index (χ1) is 14.6. The van der Waals surface area contributed by atoms with Gasteiger partial charge in [-0.25, -0.2) is 0 Å². The molecule has 6 nitrogen and oxygen atoms in total. The van der Waals surface area contributed by atoms with Gasteiger partial charge in [0.15, 0.2) is 0 Å². The second-order valence-corrected chi connectivity index (χ2v) is 7.60. The number of hydrogen-bond acceptors (Lipinski definition) is 5. The average Bonchev–Trinajstić information content (AvgIpc) is 2.78. The van der Waals surface area contributed by atoms with Gasteiger partial charge in [0.2, 0.25) is 0 Å². The summed E-state index contributed by atoms with van der Waals surface area (Å²) in [7, 11) is 3.31. The second kappa shape index (κ2) is 8.71. The maximum absolute atomic E-state index is 13.2. The highest BCUT2D eigenvalue weighted by molar-refractivity contribution is 5.98. The van der Waals surface area contributed by atoms with Crippen LogP contribution in [0, 0.1) is 6.92 Å². The molecule has 0 bridgehead atoms. The van der Waals surface area contributed by atoms with Gasteiger partial charge < -0.3 is 14.4 Å². The first-order valence-electron chi connectivity index (χ1n) is 10.2. The van der Waals surface area contributed by atoms with E-state index >= 15 is 0 Å². The number of fused-ring (bicyclic) bond motifs is 1. The summed E-state index contributed by atoms with van der Waals surface area (Å²) in [6.45, 7) is 5.92. The first-order valence-corrected chi connectivity index (χ1v) is 10.2. The van der Waals surface area contributed by atoms with E-state index in [2.05, 4.69) is 22.0 Å². The molecule has 0 unspecified atom stereocenters. The third kappa shape index (κ3) is 4.24. The quantitative estimate of drug-likeness (QED) is 0.650. The largest absolute Gasteiger partial charge is 0.497 e. The fraction of sp³-hybridized carbons (Fsp3) is 0.333. The van der Waals surface area contributed by atoms with Gasteiger partial charge in [-0.1, -0.05) is 12.1 Å². The van der Waals surface area contributed by atoms with Crippen molar-refractivity contribution in [3.8, 4) is 11.5 Å². The second-order valence-electron chi connectivity index (χ2n) is 7.60. The molecule has 0 radical (unpaired) electrons. The van der Waals surface area contributed by atoms with E-state index < -0.39 is 0 Å². The Labute approximate surface area is 177 Å². The van der Waals surface area contributed by atoms with E-state index in [9.17, 15) is 4.79 Å². The molecular formula is C24H27N3O3. The number of nitrogens with zero attached hydrogens (tertiary/aromatic N) is 3. The first kappa shape index (κ1) is 20.2. The molecule has 0 N–H and O–H groups in total. The Morgan fingerprint density at radius 3 is 2.27 bits per heavy atom. The smallest absolute Gasteiger partial charge is 0.255 e. The van der Waals surface area contributed by atoms with Crippen molar-refractivity contribution >= 4 is 16.8 Å². The summed E-state index contributed by atoms with van der Waals surface area (Å²) in [6, 6.07) is 15.8. The Morgan fingerprint density at radius 2 is 1.60 bits per heavy atom. The van der Waals surface area contributed by atoms with Crippen molar-refractivity contribution in [2.24, 2.45) is 0 Å². The number of carbonyl (C=O) groups is 1. The number of pyridine rings is 1. The molecule has 30 heavy (non-hydrogen) atoms. The normalized spacial score (nSPS) is 14.7. The van der Waals surface area contributed by atoms with Gasteiger partial charge >= 0.3 is 0 Å². The van der Waals surface area contributed by atoms with Crippen LogP contribution in [0.3, 0.4) is 0 Å². The van der Waals surface area contributed by atoms with Gasteiger partial charge in [0, 0.05) is 44.2 Å². The number of rotatable bonds is 5. The Hall–Kier alpha value is -3.12. The Bertz CT molecular complexity index is 1040. The molecule has 1 amide bonds. The molecule has 6 heteroatoms. The predicted octanol–water partition coefficient (Wildman–Crippen LogP) is 3.52. The fourth-order valence-electron chi connectivity index (χ4n) is 3.86. The van der Waals surface area contributed by atoms with Crippen molar-refractivity contribution in [1.29, 1.82) is 0 Å². The topological polar surface area (TPSA) is 54.9 Å². The standard InChI is InChI=1S/C24H27N3O3/c1-17-22(14-19-6-9-21(30-3)15-23(19)25-17)24(28)27-12-10-26(11-13-27)16-18-4-7-20(29-2)8-5-18/h4-9,14-15H,10-13,16H2,1-3H3. The molecule has 1 saturated heterocycles. The number of ether oxygens (including phenoxy) is 2. The molecule has 1 aliphatic heterocycles. The summed E-state index contributed by atoms with van der Waals surface area (Å²) in [5.41, 5.74) is 3.52. The Kier molecular flexibility index (Phi) is 5.86. The van der Waals surface area contributed by atoms with Crippen molar-refractivity contribution in [3.63, 3.8) is 0 Å². The molecule has 4 rings (SSSR count). The van der Waals surface area contributed by atoms with Gasteiger partial charge in [-0.3, -0.25) is 14.7 Å². The van der Waals surface area contributed by atoms with Crippen molar-refractivity contribution in [1.82, 2.24) is 14.8 Å². The lowest BCUT2D eigenvalue weighted by Gasteiger charge is -2.35. The van der Waals surface area contributed by atoms with Crippen LogP contribution >= 0.6 is 0 Å². The van der Waals surface area contributed by atoms with Gasteiger partial charge in [-0.15, -0.1) is 0 Å². The summed E-state index contributed by atoms with van der Waals surface area (Å²) in [5.74, 6) is 1.69. The summed E-state index contributed by atoms with van der Waals surface area (Å²) in [6.07, 6.45) is 0. The molecule has 1 fully saturated rings. The van der Waals surface area contributed by atoms with Crippen LogP contribution in [0.1, 0.15) is 21.6 Å². The number of amides is 1. The van der Waals surface area contributed by atoms with E-state index in [4.69, 9.17) is 9.47 Å². The third-order valence-electron chi connectivity index (χ3n) is 5.67. The van der Waals surface area contributed by atoms with Crippen molar-refractivity contribution in [2.75, 3.05) is 40.4 Å². The lowest BCUT2D eigenvalue weighted by atomic mass is 10.1. The van der Waals surface area contributed by atoms with Crippen LogP contribution in [-0.4, -0.2) is 61.1 Å². The molecule has 0 spiro atoms. The van der Waals surface area contributed by atoms with Gasteiger partial charge in [0.05, 0.1) is 31.0 Å². The molecule has 0 atom stereocenters. The van der Waals surface area contributed by atoms with Crippen LogP contribution in [0.25, 0.3) is 10.9 Å². The lowest BCUT2D eigenvalue weighted by Crippen LogP contribution is -2.48. The van der Waals surface area contributed by atoms with E-state index in [1.165, 1.54) is 5.56 Å². The van der Waals surface area contributed by atoms with Crippen LogP contribution in [0.5, 0.6) is 11.5 Å². The van der Waals surface area contributed by atoms with Gasteiger partial charge in [0.25, 0.3) is 5.91 Å². The SMILES string of the molecule is COc1ccc(CN2CCN(C(=O)c3cc4ccc(OC)cc4nc3C)CC2)cc1. The molecule has 2 heterocycles. The minimum absolute atomic E-state index is 0.0572. The highest BCUT2D eigenvalue weighted by Gasteiger charge is 2.24. The number of carbonyl (C=O) groups excluding carboxylic acids is 1.